The standard InChI is InChI=1S/C12H10OS/c1-7-9-3-5-13-11(9)8(2)12-10(7)4-6-14-12/h3-6H,1-2H3. The third kappa shape index (κ3) is 0.840. The van der Waals surface area contributed by atoms with Crippen molar-refractivity contribution in [1.82, 2.24) is 0 Å². The van der Waals surface area contributed by atoms with E-state index in [1.165, 1.54) is 26.6 Å². The van der Waals surface area contributed by atoms with E-state index < -0.39 is 0 Å². The quantitative estimate of drug-likeness (QED) is 0.530. The minimum atomic E-state index is 1.04. The van der Waals surface area contributed by atoms with Gasteiger partial charge in [-0.25, -0.2) is 0 Å². The first kappa shape index (κ1) is 8.06. The van der Waals surface area contributed by atoms with Gasteiger partial charge in [0.2, 0.25) is 0 Å². The van der Waals surface area contributed by atoms with Crippen LogP contribution in [-0.2, 0) is 0 Å². The molecular weight excluding hydrogens is 192 g/mol. The van der Waals surface area contributed by atoms with Gasteiger partial charge in [0, 0.05) is 15.6 Å². The Bertz CT molecular complexity index is 513. The zero-order valence-electron chi connectivity index (χ0n) is 8.13. The van der Waals surface area contributed by atoms with Crippen molar-refractivity contribution in [2.24, 2.45) is 0 Å². The topological polar surface area (TPSA) is 13.1 Å². The van der Waals surface area contributed by atoms with Crippen LogP contribution in [0.15, 0.2) is 28.2 Å². The zero-order chi connectivity index (χ0) is 9.71. The minimum absolute atomic E-state index is 1.04. The molecule has 0 fully saturated rings. The fourth-order valence-electron chi connectivity index (χ4n) is 2.04. The number of furan rings is 1. The lowest BCUT2D eigenvalue weighted by Crippen LogP contribution is -1.80. The molecule has 0 unspecified atom stereocenters. The predicted molar refractivity (Wildman–Crippen MR) is 61.1 cm³/mol. The van der Waals surface area contributed by atoms with Crippen molar-refractivity contribution < 1.29 is 4.42 Å². The van der Waals surface area contributed by atoms with Crippen molar-refractivity contribution in [3.05, 3.63) is 34.9 Å². The summed E-state index contributed by atoms with van der Waals surface area (Å²) in [6, 6.07) is 4.24. The highest BCUT2D eigenvalue weighted by Crippen LogP contribution is 2.35. The molecule has 0 bridgehead atoms. The molecule has 0 aliphatic heterocycles. The molecule has 14 heavy (non-hydrogen) atoms. The summed E-state index contributed by atoms with van der Waals surface area (Å²) in [4.78, 5) is 0. The van der Waals surface area contributed by atoms with Gasteiger partial charge in [-0.15, -0.1) is 11.3 Å². The predicted octanol–water partition coefficient (Wildman–Crippen LogP) is 4.26. The van der Waals surface area contributed by atoms with E-state index in [2.05, 4.69) is 31.4 Å². The number of hydrogen-bond donors (Lipinski definition) is 0. The maximum Gasteiger partial charge on any atom is 0.138 e. The van der Waals surface area contributed by atoms with Gasteiger partial charge in [0.15, 0.2) is 0 Å². The molecule has 3 rings (SSSR count). The van der Waals surface area contributed by atoms with Gasteiger partial charge in [0.05, 0.1) is 6.26 Å². The Balaban J connectivity index is 2.72. The molecule has 2 aromatic heterocycles. The van der Waals surface area contributed by atoms with Gasteiger partial charge in [0.25, 0.3) is 0 Å². The van der Waals surface area contributed by atoms with Crippen molar-refractivity contribution in [2.45, 2.75) is 13.8 Å². The van der Waals surface area contributed by atoms with Gasteiger partial charge in [-0.05, 0) is 42.3 Å². The van der Waals surface area contributed by atoms with Crippen LogP contribution in [0.4, 0.5) is 0 Å². The van der Waals surface area contributed by atoms with Crippen LogP contribution in [0.3, 0.4) is 0 Å². The molecule has 2 heteroatoms. The van der Waals surface area contributed by atoms with Crippen molar-refractivity contribution in [3.63, 3.8) is 0 Å². The van der Waals surface area contributed by atoms with Gasteiger partial charge in [-0.2, -0.15) is 0 Å². The second-order valence-electron chi connectivity index (χ2n) is 3.58. The van der Waals surface area contributed by atoms with Crippen molar-refractivity contribution in [1.29, 1.82) is 0 Å². The minimum Gasteiger partial charge on any atom is -0.464 e. The summed E-state index contributed by atoms with van der Waals surface area (Å²) >= 11 is 1.79. The van der Waals surface area contributed by atoms with Gasteiger partial charge < -0.3 is 4.42 Å². The average Bonchev–Trinajstić information content (AvgIpc) is 2.82. The van der Waals surface area contributed by atoms with E-state index in [9.17, 15) is 0 Å². The molecular formula is C12H10OS. The molecule has 0 aliphatic rings. The van der Waals surface area contributed by atoms with E-state index in [0.717, 1.165) is 5.58 Å². The molecule has 70 valence electrons. The highest BCUT2D eigenvalue weighted by atomic mass is 32.1. The molecule has 0 atom stereocenters. The van der Waals surface area contributed by atoms with E-state index in [1.807, 2.05) is 0 Å². The molecule has 0 saturated carbocycles. The second kappa shape index (κ2) is 2.61. The van der Waals surface area contributed by atoms with E-state index in [1.54, 1.807) is 17.6 Å². The Morgan fingerprint density at radius 1 is 1.07 bits per heavy atom. The van der Waals surface area contributed by atoms with Crippen LogP contribution in [0.25, 0.3) is 21.1 Å². The van der Waals surface area contributed by atoms with Gasteiger partial charge >= 0.3 is 0 Å². The molecule has 0 aliphatic carbocycles. The Morgan fingerprint density at radius 2 is 1.93 bits per heavy atom. The van der Waals surface area contributed by atoms with Crippen LogP contribution in [0.2, 0.25) is 0 Å². The Hall–Kier alpha value is -1.28. The Morgan fingerprint density at radius 3 is 2.79 bits per heavy atom. The molecule has 0 saturated heterocycles. The number of benzene rings is 1. The highest BCUT2D eigenvalue weighted by Gasteiger charge is 2.11. The van der Waals surface area contributed by atoms with E-state index in [-0.39, 0.29) is 0 Å². The number of hydrogen-bond acceptors (Lipinski definition) is 2. The molecule has 0 N–H and O–H groups in total. The van der Waals surface area contributed by atoms with Crippen molar-refractivity contribution in [3.8, 4) is 0 Å². The fourth-order valence-corrected chi connectivity index (χ4v) is 3.00. The lowest BCUT2D eigenvalue weighted by Gasteiger charge is -2.02. The summed E-state index contributed by atoms with van der Waals surface area (Å²) in [7, 11) is 0. The molecule has 1 aromatic carbocycles. The number of aryl methyl sites for hydroxylation is 2. The largest absolute Gasteiger partial charge is 0.464 e. The average molecular weight is 202 g/mol. The molecule has 3 aromatic rings. The summed E-state index contributed by atoms with van der Waals surface area (Å²) in [6.45, 7) is 4.29. The van der Waals surface area contributed by atoms with Crippen LogP contribution in [0.5, 0.6) is 0 Å². The van der Waals surface area contributed by atoms with Crippen LogP contribution in [0.1, 0.15) is 11.1 Å². The Labute approximate surface area is 86.0 Å². The fraction of sp³-hybridized carbons (Fsp3) is 0.167. The summed E-state index contributed by atoms with van der Waals surface area (Å²) in [5.74, 6) is 0. The normalized spacial score (nSPS) is 11.6. The molecule has 0 spiro atoms. The first-order valence-electron chi connectivity index (χ1n) is 4.62. The number of rotatable bonds is 0. The maximum absolute atomic E-state index is 5.51. The van der Waals surface area contributed by atoms with Crippen molar-refractivity contribution in [2.75, 3.05) is 0 Å². The monoisotopic (exact) mass is 202 g/mol. The zero-order valence-corrected chi connectivity index (χ0v) is 8.94. The van der Waals surface area contributed by atoms with Gasteiger partial charge in [-0.3, -0.25) is 0 Å². The number of fused-ring (bicyclic) bond motifs is 2. The summed E-state index contributed by atoms with van der Waals surface area (Å²) < 4.78 is 6.87. The van der Waals surface area contributed by atoms with E-state index in [4.69, 9.17) is 4.42 Å². The third-order valence-corrected chi connectivity index (χ3v) is 3.85. The molecule has 2 heterocycles. The molecule has 0 amide bonds. The highest BCUT2D eigenvalue weighted by molar-refractivity contribution is 7.17. The van der Waals surface area contributed by atoms with E-state index >= 15 is 0 Å². The smallest absolute Gasteiger partial charge is 0.138 e. The van der Waals surface area contributed by atoms with Crippen molar-refractivity contribution >= 4 is 32.4 Å². The molecule has 0 radical (unpaired) electrons. The second-order valence-corrected chi connectivity index (χ2v) is 4.49. The van der Waals surface area contributed by atoms with Gasteiger partial charge in [-0.1, -0.05) is 0 Å². The summed E-state index contributed by atoms with van der Waals surface area (Å²) in [6.07, 6.45) is 1.77. The lowest BCUT2D eigenvalue weighted by molar-refractivity contribution is 0.614. The molecule has 1 nitrogen and oxygen atoms in total. The number of thiophene rings is 1. The van der Waals surface area contributed by atoms with Crippen LogP contribution in [-0.4, -0.2) is 0 Å². The van der Waals surface area contributed by atoms with Crippen LogP contribution in [0, 0.1) is 13.8 Å². The first-order valence-corrected chi connectivity index (χ1v) is 5.50. The first-order chi connectivity index (χ1) is 6.79. The SMILES string of the molecule is Cc1c2ccoc2c(C)c2sccc12. The maximum atomic E-state index is 5.51. The lowest BCUT2D eigenvalue weighted by atomic mass is 10.0. The summed E-state index contributed by atoms with van der Waals surface area (Å²) in [5.41, 5.74) is 3.63. The van der Waals surface area contributed by atoms with Crippen LogP contribution >= 0.6 is 11.3 Å². The van der Waals surface area contributed by atoms with E-state index in [0.29, 0.717) is 0 Å². The summed E-state index contributed by atoms with van der Waals surface area (Å²) in [5, 5.41) is 4.75. The Kier molecular flexibility index (Phi) is 1.50. The van der Waals surface area contributed by atoms with Crippen LogP contribution < -0.4 is 0 Å². The third-order valence-electron chi connectivity index (χ3n) is 2.82. The van der Waals surface area contributed by atoms with Gasteiger partial charge in [0.1, 0.15) is 5.58 Å².